The average Bonchev–Trinajstić information content (AvgIpc) is 3.51. The van der Waals surface area contributed by atoms with Crippen molar-refractivity contribution in [1.82, 2.24) is 33.7 Å². The fraction of sp³-hybridized carbons (Fsp3) is 0.182. The molecule has 0 saturated carbocycles. The number of benzene rings is 1. The summed E-state index contributed by atoms with van der Waals surface area (Å²) >= 11 is 0. The Morgan fingerprint density at radius 1 is 1.23 bits per heavy atom. The van der Waals surface area contributed by atoms with Gasteiger partial charge in [0.15, 0.2) is 11.2 Å². The van der Waals surface area contributed by atoms with E-state index in [1.54, 1.807) is 40.0 Å². The van der Waals surface area contributed by atoms with Crippen molar-refractivity contribution in [2.45, 2.75) is 26.4 Å². The van der Waals surface area contributed by atoms with E-state index in [0.29, 0.717) is 35.9 Å². The van der Waals surface area contributed by atoms with E-state index in [-0.39, 0.29) is 11.4 Å². The third-order valence-electron chi connectivity index (χ3n) is 4.91. The highest BCUT2D eigenvalue weighted by Crippen LogP contribution is 2.19. The van der Waals surface area contributed by atoms with Crippen molar-refractivity contribution in [1.29, 1.82) is 0 Å². The molecule has 0 aliphatic rings. The molecule has 4 heterocycles. The quantitative estimate of drug-likeness (QED) is 0.458. The summed E-state index contributed by atoms with van der Waals surface area (Å²) in [6.45, 7) is 2.96. The standard InChI is InChI=1S/C22H18FN7O/c1-2-10-30-21(31)18-20(29-12-9-24-22(29)30)27-19(26-18)16-13-25-28(14-16)11-3-4-15-5-7-17(23)8-6-15/h5-9,12-14H,2,10-11H2,1H3,(H,26,27). The number of hydrogen-bond acceptors (Lipinski definition) is 4. The Bertz CT molecular complexity index is 1510. The van der Waals surface area contributed by atoms with Crippen LogP contribution in [0.3, 0.4) is 0 Å². The summed E-state index contributed by atoms with van der Waals surface area (Å²) in [5.74, 6) is 6.82. The Morgan fingerprint density at radius 3 is 2.87 bits per heavy atom. The molecule has 5 aromatic rings. The highest BCUT2D eigenvalue weighted by atomic mass is 19.1. The Hall–Kier alpha value is -4.19. The lowest BCUT2D eigenvalue weighted by molar-refractivity contribution is 0.627. The Kier molecular flexibility index (Phi) is 4.59. The number of nitrogens with zero attached hydrogens (tertiary/aromatic N) is 6. The molecule has 0 spiro atoms. The molecule has 1 aromatic carbocycles. The molecular formula is C22H18FN7O. The zero-order chi connectivity index (χ0) is 21.4. The van der Waals surface area contributed by atoms with Gasteiger partial charge in [-0.3, -0.25) is 18.4 Å². The Labute approximate surface area is 176 Å². The molecule has 0 aliphatic carbocycles. The molecule has 154 valence electrons. The van der Waals surface area contributed by atoms with E-state index in [9.17, 15) is 9.18 Å². The molecule has 0 unspecified atom stereocenters. The van der Waals surface area contributed by atoms with Crippen LogP contribution in [-0.4, -0.2) is 33.7 Å². The van der Waals surface area contributed by atoms with Crippen molar-refractivity contribution in [3.8, 4) is 23.2 Å². The summed E-state index contributed by atoms with van der Waals surface area (Å²) in [6, 6.07) is 6.02. The lowest BCUT2D eigenvalue weighted by Gasteiger charge is -2.05. The van der Waals surface area contributed by atoms with E-state index in [1.807, 2.05) is 17.5 Å². The predicted molar refractivity (Wildman–Crippen MR) is 114 cm³/mol. The summed E-state index contributed by atoms with van der Waals surface area (Å²) in [5.41, 5.74) is 2.29. The van der Waals surface area contributed by atoms with Gasteiger partial charge in [0.2, 0.25) is 5.78 Å². The monoisotopic (exact) mass is 415 g/mol. The first-order chi connectivity index (χ1) is 15.1. The number of H-pyrrole nitrogens is 1. The molecule has 0 radical (unpaired) electrons. The van der Waals surface area contributed by atoms with Crippen LogP contribution in [0.5, 0.6) is 0 Å². The van der Waals surface area contributed by atoms with Gasteiger partial charge in [-0.2, -0.15) is 5.10 Å². The van der Waals surface area contributed by atoms with E-state index in [0.717, 1.165) is 17.5 Å². The fourth-order valence-electron chi connectivity index (χ4n) is 3.46. The molecule has 0 saturated heterocycles. The number of aryl methyl sites for hydroxylation is 1. The molecule has 0 amide bonds. The molecule has 31 heavy (non-hydrogen) atoms. The van der Waals surface area contributed by atoms with Gasteiger partial charge >= 0.3 is 0 Å². The average molecular weight is 415 g/mol. The van der Waals surface area contributed by atoms with Crippen LogP contribution in [0.1, 0.15) is 18.9 Å². The van der Waals surface area contributed by atoms with Crippen LogP contribution in [0.25, 0.3) is 28.3 Å². The van der Waals surface area contributed by atoms with Gasteiger partial charge in [-0.05, 0) is 30.7 Å². The minimum atomic E-state index is -0.289. The van der Waals surface area contributed by atoms with Crippen molar-refractivity contribution in [3.05, 3.63) is 70.8 Å². The zero-order valence-corrected chi connectivity index (χ0v) is 16.7. The van der Waals surface area contributed by atoms with Crippen molar-refractivity contribution in [2.75, 3.05) is 0 Å². The van der Waals surface area contributed by atoms with E-state index in [2.05, 4.69) is 31.9 Å². The topological polar surface area (TPSA) is 85.8 Å². The summed E-state index contributed by atoms with van der Waals surface area (Å²) in [4.78, 5) is 25.0. The van der Waals surface area contributed by atoms with Gasteiger partial charge in [-0.15, -0.1) is 0 Å². The molecule has 8 nitrogen and oxygen atoms in total. The minimum Gasteiger partial charge on any atom is -0.332 e. The molecule has 0 fully saturated rings. The maximum Gasteiger partial charge on any atom is 0.280 e. The van der Waals surface area contributed by atoms with Gasteiger partial charge in [0.05, 0.1) is 11.8 Å². The molecule has 5 rings (SSSR count). The van der Waals surface area contributed by atoms with E-state index < -0.39 is 0 Å². The Morgan fingerprint density at radius 2 is 2.06 bits per heavy atom. The molecule has 1 N–H and O–H groups in total. The molecule has 0 atom stereocenters. The molecular weight excluding hydrogens is 397 g/mol. The van der Waals surface area contributed by atoms with Crippen LogP contribution in [0.2, 0.25) is 0 Å². The largest absolute Gasteiger partial charge is 0.332 e. The van der Waals surface area contributed by atoms with Crippen molar-refractivity contribution < 1.29 is 4.39 Å². The van der Waals surface area contributed by atoms with Crippen LogP contribution >= 0.6 is 0 Å². The number of imidazole rings is 2. The number of halogens is 1. The summed E-state index contributed by atoms with van der Waals surface area (Å²) in [5, 5.41) is 4.32. The third kappa shape index (κ3) is 3.38. The number of hydrogen-bond donors (Lipinski definition) is 1. The van der Waals surface area contributed by atoms with Gasteiger partial charge < -0.3 is 4.98 Å². The number of aromatic amines is 1. The molecule has 0 aliphatic heterocycles. The summed E-state index contributed by atoms with van der Waals surface area (Å²) < 4.78 is 18.1. The fourth-order valence-corrected chi connectivity index (χ4v) is 3.46. The lowest BCUT2D eigenvalue weighted by Crippen LogP contribution is -2.23. The number of nitrogens with one attached hydrogen (secondary N) is 1. The van der Waals surface area contributed by atoms with Crippen LogP contribution in [0, 0.1) is 17.7 Å². The predicted octanol–water partition coefficient (Wildman–Crippen LogP) is 2.84. The first-order valence-corrected chi connectivity index (χ1v) is 9.87. The normalized spacial score (nSPS) is 11.2. The van der Waals surface area contributed by atoms with Crippen LogP contribution in [0.4, 0.5) is 4.39 Å². The highest BCUT2D eigenvalue weighted by Gasteiger charge is 2.16. The van der Waals surface area contributed by atoms with Gasteiger partial charge in [0, 0.05) is 30.7 Å². The van der Waals surface area contributed by atoms with Gasteiger partial charge in [0.25, 0.3) is 5.56 Å². The maximum atomic E-state index is 13.0. The molecule has 4 aromatic heterocycles. The number of fused-ring (bicyclic) bond motifs is 3. The minimum absolute atomic E-state index is 0.146. The van der Waals surface area contributed by atoms with E-state index in [4.69, 9.17) is 0 Å². The molecule has 0 bridgehead atoms. The van der Waals surface area contributed by atoms with Crippen molar-refractivity contribution in [2.24, 2.45) is 0 Å². The van der Waals surface area contributed by atoms with Gasteiger partial charge in [-0.25, -0.2) is 14.4 Å². The van der Waals surface area contributed by atoms with Crippen molar-refractivity contribution in [3.63, 3.8) is 0 Å². The van der Waals surface area contributed by atoms with Gasteiger partial charge in [0.1, 0.15) is 18.2 Å². The second-order valence-electron chi connectivity index (χ2n) is 7.07. The summed E-state index contributed by atoms with van der Waals surface area (Å²) in [7, 11) is 0. The zero-order valence-electron chi connectivity index (χ0n) is 16.7. The van der Waals surface area contributed by atoms with Crippen molar-refractivity contribution >= 4 is 16.9 Å². The summed E-state index contributed by atoms with van der Waals surface area (Å²) in [6.07, 6.45) is 7.76. The van der Waals surface area contributed by atoms with Crippen LogP contribution in [0.15, 0.2) is 53.8 Å². The SMILES string of the molecule is CCCn1c(=O)c2[nH]c(-c3cnn(CC#Cc4ccc(F)cc4)c3)nc2n2ccnc12. The maximum absolute atomic E-state index is 13.0. The highest BCUT2D eigenvalue weighted by molar-refractivity contribution is 5.77. The van der Waals surface area contributed by atoms with E-state index in [1.165, 1.54) is 12.1 Å². The lowest BCUT2D eigenvalue weighted by atomic mass is 10.2. The second-order valence-corrected chi connectivity index (χ2v) is 7.07. The van der Waals surface area contributed by atoms with E-state index >= 15 is 0 Å². The smallest absolute Gasteiger partial charge is 0.280 e. The first-order valence-electron chi connectivity index (χ1n) is 9.87. The van der Waals surface area contributed by atoms with Gasteiger partial charge in [-0.1, -0.05) is 18.8 Å². The number of rotatable bonds is 4. The molecule has 9 heteroatoms. The first kappa shape index (κ1) is 18.8. The third-order valence-corrected chi connectivity index (χ3v) is 4.91. The second kappa shape index (κ2) is 7.57. The van der Waals surface area contributed by atoms with Crippen LogP contribution < -0.4 is 5.56 Å². The Balaban J connectivity index is 1.47. The number of aromatic nitrogens is 7. The van der Waals surface area contributed by atoms with Crippen LogP contribution in [-0.2, 0) is 13.1 Å².